The molecule has 11 heteroatoms. The normalized spacial score (nSPS) is 12.0. The SMILES string of the molecule is CCN(CC(=O)c1cccc(S(=O)(=O)c2ccc(CCNC[C@H](O)c3cccc(Cl)c3)cc2)c1)OC(C)=O.Cl. The number of hydrogen-bond donors (Lipinski definition) is 2. The van der Waals surface area contributed by atoms with E-state index in [1.54, 1.807) is 49.4 Å². The van der Waals surface area contributed by atoms with Gasteiger partial charge < -0.3 is 15.3 Å². The quantitative estimate of drug-likeness (QED) is 0.170. The molecule has 0 saturated heterocycles. The summed E-state index contributed by atoms with van der Waals surface area (Å²) < 4.78 is 26.4. The maximum atomic E-state index is 13.2. The van der Waals surface area contributed by atoms with E-state index in [1.165, 1.54) is 36.3 Å². The fraction of sp³-hybridized carbons (Fsp3) is 0.286. The summed E-state index contributed by atoms with van der Waals surface area (Å²) in [5, 5.41) is 15.3. The van der Waals surface area contributed by atoms with Crippen molar-refractivity contribution in [2.45, 2.75) is 36.2 Å². The highest BCUT2D eigenvalue weighted by molar-refractivity contribution is 7.91. The number of carbonyl (C=O) groups is 2. The van der Waals surface area contributed by atoms with Crippen molar-refractivity contribution >= 4 is 45.6 Å². The molecule has 0 heterocycles. The Balaban J connectivity index is 0.00000533. The topological polar surface area (TPSA) is 113 Å². The highest BCUT2D eigenvalue weighted by Crippen LogP contribution is 2.23. The Kier molecular flexibility index (Phi) is 12.6. The van der Waals surface area contributed by atoms with Gasteiger partial charge in [-0.3, -0.25) is 9.59 Å². The molecule has 3 aromatic carbocycles. The average molecular weight is 596 g/mol. The number of hydrogen-bond acceptors (Lipinski definition) is 8. The number of halogens is 2. The van der Waals surface area contributed by atoms with Gasteiger partial charge in [0.05, 0.1) is 22.4 Å². The van der Waals surface area contributed by atoms with E-state index < -0.39 is 21.9 Å². The van der Waals surface area contributed by atoms with Gasteiger partial charge in [-0.1, -0.05) is 48.0 Å². The van der Waals surface area contributed by atoms with Crippen LogP contribution in [0.1, 0.15) is 41.4 Å². The van der Waals surface area contributed by atoms with E-state index in [9.17, 15) is 23.1 Å². The number of aliphatic hydroxyl groups excluding tert-OH is 1. The molecule has 1 atom stereocenters. The lowest BCUT2D eigenvalue weighted by Gasteiger charge is -2.17. The molecule has 0 spiro atoms. The minimum atomic E-state index is -3.85. The summed E-state index contributed by atoms with van der Waals surface area (Å²) in [5.74, 6) is -0.904. The number of Topliss-reactive ketones (excluding diaryl/α,β-unsaturated/α-hetero) is 1. The first-order valence-electron chi connectivity index (χ1n) is 12.1. The third-order valence-corrected chi connectivity index (χ3v) is 7.79. The lowest BCUT2D eigenvalue weighted by molar-refractivity contribution is -0.183. The molecule has 2 N–H and O–H groups in total. The molecular formula is C28H32Cl2N2O6S. The Morgan fingerprint density at radius 2 is 1.72 bits per heavy atom. The van der Waals surface area contributed by atoms with Crippen molar-refractivity contribution < 1.29 is 28.0 Å². The van der Waals surface area contributed by atoms with Crippen molar-refractivity contribution in [2.24, 2.45) is 0 Å². The highest BCUT2D eigenvalue weighted by Gasteiger charge is 2.20. The third kappa shape index (κ3) is 9.42. The summed E-state index contributed by atoms with van der Waals surface area (Å²) in [7, 11) is -3.85. The van der Waals surface area contributed by atoms with E-state index in [1.807, 2.05) is 6.07 Å². The lowest BCUT2D eigenvalue weighted by atomic mass is 10.1. The molecule has 3 rings (SSSR count). The van der Waals surface area contributed by atoms with Crippen LogP contribution in [0.3, 0.4) is 0 Å². The van der Waals surface area contributed by atoms with Crippen molar-refractivity contribution in [1.82, 2.24) is 10.4 Å². The fourth-order valence-corrected chi connectivity index (χ4v) is 5.26. The van der Waals surface area contributed by atoms with Crippen LogP contribution < -0.4 is 5.32 Å². The van der Waals surface area contributed by atoms with Crippen LogP contribution in [-0.4, -0.2) is 56.5 Å². The molecule has 0 bridgehead atoms. The second kappa shape index (κ2) is 15.1. The zero-order chi connectivity index (χ0) is 27.7. The molecule has 0 unspecified atom stereocenters. The number of sulfone groups is 1. The minimum Gasteiger partial charge on any atom is -0.387 e. The Morgan fingerprint density at radius 3 is 2.36 bits per heavy atom. The summed E-state index contributed by atoms with van der Waals surface area (Å²) in [6.07, 6.45) is -0.0429. The predicted molar refractivity (Wildman–Crippen MR) is 152 cm³/mol. The molecule has 210 valence electrons. The molecule has 0 saturated carbocycles. The Hall–Kier alpha value is -2.79. The number of nitrogens with zero attached hydrogens (tertiary/aromatic N) is 1. The average Bonchev–Trinajstić information content (AvgIpc) is 2.90. The van der Waals surface area contributed by atoms with E-state index >= 15 is 0 Å². The van der Waals surface area contributed by atoms with Crippen molar-refractivity contribution in [2.75, 3.05) is 26.2 Å². The zero-order valence-corrected chi connectivity index (χ0v) is 24.1. The van der Waals surface area contributed by atoms with Crippen molar-refractivity contribution in [1.29, 1.82) is 0 Å². The summed E-state index contributed by atoms with van der Waals surface area (Å²) >= 11 is 5.97. The summed E-state index contributed by atoms with van der Waals surface area (Å²) in [5.41, 5.74) is 1.87. The standard InChI is InChI=1S/C28H31ClN2O6S.ClH/c1-3-31(37-20(2)32)19-28(34)23-7-5-9-26(17-23)38(35,36)25-12-10-21(11-13-25)14-15-30-18-27(33)22-6-4-8-24(29)16-22;/h4-13,16-17,27,30,33H,3,14-15,18-19H2,1-2H3;1H/t27-;/m0./s1. The van der Waals surface area contributed by atoms with E-state index in [0.29, 0.717) is 31.1 Å². The minimum absolute atomic E-state index is 0. The number of aliphatic hydroxyl groups is 1. The van der Waals surface area contributed by atoms with E-state index in [4.69, 9.17) is 16.4 Å². The van der Waals surface area contributed by atoms with Crippen LogP contribution in [-0.2, 0) is 25.9 Å². The second-order valence-corrected chi connectivity index (χ2v) is 11.0. The number of benzene rings is 3. The van der Waals surface area contributed by atoms with Crippen LogP contribution in [0.25, 0.3) is 0 Å². The number of likely N-dealkylation sites (N-methyl/N-ethyl adjacent to an activating group) is 1. The molecule has 0 aromatic heterocycles. The van der Waals surface area contributed by atoms with Gasteiger partial charge in [-0.15, -0.1) is 17.5 Å². The molecule has 0 aliphatic carbocycles. The third-order valence-electron chi connectivity index (χ3n) is 5.79. The van der Waals surface area contributed by atoms with Gasteiger partial charge in [-0.2, -0.15) is 0 Å². The maximum Gasteiger partial charge on any atom is 0.322 e. The molecule has 3 aromatic rings. The van der Waals surface area contributed by atoms with E-state index in [0.717, 1.165) is 11.1 Å². The van der Waals surface area contributed by atoms with Gasteiger partial charge in [0.25, 0.3) is 0 Å². The first kappa shape index (κ1) is 32.4. The van der Waals surface area contributed by atoms with Gasteiger partial charge in [0.2, 0.25) is 9.84 Å². The van der Waals surface area contributed by atoms with Crippen LogP contribution in [0.5, 0.6) is 0 Å². The van der Waals surface area contributed by atoms with E-state index in [-0.39, 0.29) is 40.1 Å². The second-order valence-electron chi connectivity index (χ2n) is 8.66. The van der Waals surface area contributed by atoms with Gasteiger partial charge in [0.15, 0.2) is 5.78 Å². The van der Waals surface area contributed by atoms with Crippen molar-refractivity contribution in [3.05, 3.63) is 94.5 Å². The van der Waals surface area contributed by atoms with Crippen LogP contribution in [0, 0.1) is 0 Å². The number of rotatable bonds is 13. The van der Waals surface area contributed by atoms with Gasteiger partial charge in [-0.25, -0.2) is 8.42 Å². The molecular weight excluding hydrogens is 563 g/mol. The number of carbonyl (C=O) groups excluding carboxylic acids is 2. The molecule has 0 aliphatic rings. The highest BCUT2D eigenvalue weighted by atomic mass is 35.5. The van der Waals surface area contributed by atoms with Gasteiger partial charge in [0.1, 0.15) is 0 Å². The predicted octanol–water partition coefficient (Wildman–Crippen LogP) is 4.44. The van der Waals surface area contributed by atoms with Crippen LogP contribution in [0.4, 0.5) is 0 Å². The summed E-state index contributed by atoms with van der Waals surface area (Å²) in [6.45, 7) is 4.07. The largest absolute Gasteiger partial charge is 0.387 e. The van der Waals surface area contributed by atoms with Crippen molar-refractivity contribution in [3.63, 3.8) is 0 Å². The van der Waals surface area contributed by atoms with Crippen LogP contribution >= 0.6 is 24.0 Å². The molecule has 0 aliphatic heterocycles. The monoisotopic (exact) mass is 594 g/mol. The molecule has 0 radical (unpaired) electrons. The number of hydroxylamine groups is 2. The number of nitrogens with one attached hydrogen (secondary N) is 1. The Bertz CT molecular complexity index is 1370. The molecule has 39 heavy (non-hydrogen) atoms. The number of ketones is 1. The zero-order valence-electron chi connectivity index (χ0n) is 21.7. The Morgan fingerprint density at radius 1 is 1.03 bits per heavy atom. The first-order valence-corrected chi connectivity index (χ1v) is 14.0. The summed E-state index contributed by atoms with van der Waals surface area (Å²) in [6, 6.07) is 19.5. The lowest BCUT2D eigenvalue weighted by Crippen LogP contribution is -2.31. The van der Waals surface area contributed by atoms with Gasteiger partial charge in [-0.05, 0) is 67.4 Å². The summed E-state index contributed by atoms with van der Waals surface area (Å²) in [4.78, 5) is 28.9. The van der Waals surface area contributed by atoms with Gasteiger partial charge in [0, 0.05) is 30.6 Å². The van der Waals surface area contributed by atoms with Crippen LogP contribution in [0.15, 0.2) is 82.6 Å². The van der Waals surface area contributed by atoms with E-state index in [2.05, 4.69) is 5.32 Å². The molecule has 0 fully saturated rings. The Labute approximate surface area is 240 Å². The first-order chi connectivity index (χ1) is 18.1. The van der Waals surface area contributed by atoms with Crippen LogP contribution in [0.2, 0.25) is 5.02 Å². The maximum absolute atomic E-state index is 13.2. The van der Waals surface area contributed by atoms with Gasteiger partial charge >= 0.3 is 5.97 Å². The molecule has 0 amide bonds. The fourth-order valence-electron chi connectivity index (χ4n) is 3.75. The molecule has 8 nitrogen and oxygen atoms in total. The smallest absolute Gasteiger partial charge is 0.322 e. The van der Waals surface area contributed by atoms with Crippen molar-refractivity contribution in [3.8, 4) is 0 Å².